The van der Waals surface area contributed by atoms with Crippen LogP contribution < -0.4 is 4.90 Å². The van der Waals surface area contributed by atoms with Crippen molar-refractivity contribution in [3.05, 3.63) is 17.5 Å². The molecule has 1 unspecified atom stereocenters. The van der Waals surface area contributed by atoms with Crippen molar-refractivity contribution in [2.24, 2.45) is 5.92 Å². The third-order valence-corrected chi connectivity index (χ3v) is 2.86. The van der Waals surface area contributed by atoms with Crippen LogP contribution in [0.2, 0.25) is 0 Å². The molecule has 1 N–H and O–H groups in total. The number of hydrogen-bond acceptors (Lipinski definition) is 4. The molecule has 0 saturated heterocycles. The molecular weight excluding hydrogens is 202 g/mol. The molecule has 0 saturated carbocycles. The summed E-state index contributed by atoms with van der Waals surface area (Å²) in [6, 6.07) is 0. The van der Waals surface area contributed by atoms with E-state index in [2.05, 4.69) is 28.7 Å². The highest BCUT2D eigenvalue weighted by Crippen LogP contribution is 2.12. The van der Waals surface area contributed by atoms with Crippen molar-refractivity contribution in [2.75, 3.05) is 18.5 Å². The number of aliphatic hydroxyl groups excluding tert-OH is 1. The van der Waals surface area contributed by atoms with Gasteiger partial charge < -0.3 is 10.0 Å². The molecule has 0 spiro atoms. The lowest BCUT2D eigenvalue weighted by Crippen LogP contribution is -2.25. The van der Waals surface area contributed by atoms with Gasteiger partial charge >= 0.3 is 0 Å². The molecule has 4 heteroatoms. The Morgan fingerprint density at radius 2 is 2.19 bits per heavy atom. The van der Waals surface area contributed by atoms with Crippen LogP contribution in [-0.4, -0.2) is 28.7 Å². The highest BCUT2D eigenvalue weighted by atomic mass is 16.3. The molecule has 90 valence electrons. The lowest BCUT2D eigenvalue weighted by molar-refractivity contribution is 0.280. The standard InChI is InChI=1S/C12H21N3O/c1-5-9(2)7-15(4)12-13-6-11(8-16)10(3)14-12/h6,9,16H,5,7-8H2,1-4H3. The van der Waals surface area contributed by atoms with Crippen molar-refractivity contribution in [1.29, 1.82) is 0 Å². The summed E-state index contributed by atoms with van der Waals surface area (Å²) in [5, 5.41) is 9.04. The molecule has 0 aromatic carbocycles. The maximum Gasteiger partial charge on any atom is 0.225 e. The van der Waals surface area contributed by atoms with Crippen LogP contribution in [0.1, 0.15) is 31.5 Å². The summed E-state index contributed by atoms with van der Waals surface area (Å²) in [5.41, 5.74) is 1.64. The monoisotopic (exact) mass is 223 g/mol. The van der Waals surface area contributed by atoms with E-state index < -0.39 is 0 Å². The Balaban J connectivity index is 2.76. The Bertz CT molecular complexity index is 341. The van der Waals surface area contributed by atoms with Gasteiger partial charge in [0.15, 0.2) is 0 Å². The first-order chi connectivity index (χ1) is 7.58. The van der Waals surface area contributed by atoms with E-state index >= 15 is 0 Å². The van der Waals surface area contributed by atoms with Gasteiger partial charge in [-0.05, 0) is 12.8 Å². The lowest BCUT2D eigenvalue weighted by atomic mass is 10.1. The molecule has 0 fully saturated rings. The van der Waals surface area contributed by atoms with Crippen molar-refractivity contribution in [2.45, 2.75) is 33.8 Å². The van der Waals surface area contributed by atoms with E-state index in [1.54, 1.807) is 6.20 Å². The zero-order valence-electron chi connectivity index (χ0n) is 10.6. The van der Waals surface area contributed by atoms with Gasteiger partial charge in [0.25, 0.3) is 0 Å². The molecule has 0 aliphatic carbocycles. The maximum absolute atomic E-state index is 9.04. The summed E-state index contributed by atoms with van der Waals surface area (Å²) in [7, 11) is 2.00. The van der Waals surface area contributed by atoms with Crippen LogP contribution in [0.5, 0.6) is 0 Å². The van der Waals surface area contributed by atoms with E-state index in [-0.39, 0.29) is 6.61 Å². The summed E-state index contributed by atoms with van der Waals surface area (Å²) >= 11 is 0. The van der Waals surface area contributed by atoms with Crippen molar-refractivity contribution >= 4 is 5.95 Å². The number of aliphatic hydroxyl groups is 1. The van der Waals surface area contributed by atoms with Crippen LogP contribution in [0.15, 0.2) is 6.20 Å². The molecule has 0 aliphatic heterocycles. The molecule has 1 heterocycles. The predicted molar refractivity (Wildman–Crippen MR) is 65.4 cm³/mol. The minimum Gasteiger partial charge on any atom is -0.392 e. The SMILES string of the molecule is CCC(C)CN(C)c1ncc(CO)c(C)n1. The van der Waals surface area contributed by atoms with Crippen molar-refractivity contribution in [1.82, 2.24) is 9.97 Å². The summed E-state index contributed by atoms with van der Waals surface area (Å²) in [5.74, 6) is 1.36. The second kappa shape index (κ2) is 5.80. The third-order valence-electron chi connectivity index (χ3n) is 2.86. The van der Waals surface area contributed by atoms with Crippen molar-refractivity contribution in [3.8, 4) is 0 Å². The van der Waals surface area contributed by atoms with Gasteiger partial charge in [-0.2, -0.15) is 0 Å². The number of aromatic nitrogens is 2. The number of rotatable bonds is 5. The van der Waals surface area contributed by atoms with E-state index in [1.165, 1.54) is 0 Å². The van der Waals surface area contributed by atoms with E-state index in [4.69, 9.17) is 5.11 Å². The van der Waals surface area contributed by atoms with Gasteiger partial charge in [0.05, 0.1) is 6.61 Å². The van der Waals surface area contributed by atoms with Gasteiger partial charge in [-0.15, -0.1) is 0 Å². The second-order valence-electron chi connectivity index (χ2n) is 4.33. The summed E-state index contributed by atoms with van der Waals surface area (Å²) < 4.78 is 0. The first kappa shape index (κ1) is 12.9. The van der Waals surface area contributed by atoms with Crippen LogP contribution in [0.4, 0.5) is 5.95 Å². The smallest absolute Gasteiger partial charge is 0.225 e. The summed E-state index contributed by atoms with van der Waals surface area (Å²) in [6.07, 6.45) is 2.85. The van der Waals surface area contributed by atoms with E-state index in [0.717, 1.165) is 30.2 Å². The topological polar surface area (TPSA) is 49.2 Å². The molecule has 0 radical (unpaired) electrons. The highest BCUT2D eigenvalue weighted by molar-refractivity contribution is 5.31. The maximum atomic E-state index is 9.04. The first-order valence-corrected chi connectivity index (χ1v) is 5.73. The largest absolute Gasteiger partial charge is 0.392 e. The molecule has 1 rings (SSSR count). The molecule has 0 aliphatic rings. The van der Waals surface area contributed by atoms with Crippen LogP contribution in [0, 0.1) is 12.8 Å². The van der Waals surface area contributed by atoms with Gasteiger partial charge in [0.2, 0.25) is 5.95 Å². The van der Waals surface area contributed by atoms with E-state index in [1.807, 2.05) is 14.0 Å². The Morgan fingerprint density at radius 1 is 1.50 bits per heavy atom. The minimum absolute atomic E-state index is 0.00118. The molecule has 1 aromatic heterocycles. The Morgan fingerprint density at radius 3 is 2.69 bits per heavy atom. The fraction of sp³-hybridized carbons (Fsp3) is 0.667. The van der Waals surface area contributed by atoms with Gasteiger partial charge in [-0.25, -0.2) is 9.97 Å². The minimum atomic E-state index is 0.00118. The van der Waals surface area contributed by atoms with Gasteiger partial charge in [0, 0.05) is 31.0 Å². The highest BCUT2D eigenvalue weighted by Gasteiger charge is 2.09. The van der Waals surface area contributed by atoms with Gasteiger partial charge in [-0.3, -0.25) is 0 Å². The number of nitrogens with zero attached hydrogens (tertiary/aromatic N) is 3. The average Bonchev–Trinajstić information content (AvgIpc) is 2.28. The van der Waals surface area contributed by atoms with Gasteiger partial charge in [-0.1, -0.05) is 20.3 Å². The summed E-state index contributed by atoms with van der Waals surface area (Å²) in [6.45, 7) is 7.24. The molecule has 16 heavy (non-hydrogen) atoms. The third kappa shape index (κ3) is 3.17. The molecule has 1 aromatic rings. The molecular formula is C12H21N3O. The number of hydrogen-bond donors (Lipinski definition) is 1. The zero-order chi connectivity index (χ0) is 12.1. The normalized spacial score (nSPS) is 12.6. The van der Waals surface area contributed by atoms with E-state index in [9.17, 15) is 0 Å². The molecule has 0 bridgehead atoms. The lowest BCUT2D eigenvalue weighted by Gasteiger charge is -2.21. The quantitative estimate of drug-likeness (QED) is 0.826. The molecule has 1 atom stereocenters. The second-order valence-corrected chi connectivity index (χ2v) is 4.33. The van der Waals surface area contributed by atoms with Crippen molar-refractivity contribution < 1.29 is 5.11 Å². The van der Waals surface area contributed by atoms with Crippen LogP contribution in [-0.2, 0) is 6.61 Å². The average molecular weight is 223 g/mol. The fourth-order valence-corrected chi connectivity index (χ4v) is 1.50. The fourth-order valence-electron chi connectivity index (χ4n) is 1.50. The Kier molecular flexibility index (Phi) is 4.68. The van der Waals surface area contributed by atoms with E-state index in [0.29, 0.717) is 5.92 Å². The van der Waals surface area contributed by atoms with Crippen LogP contribution in [0.3, 0.4) is 0 Å². The van der Waals surface area contributed by atoms with Crippen LogP contribution in [0.25, 0.3) is 0 Å². The zero-order valence-corrected chi connectivity index (χ0v) is 10.6. The molecule has 4 nitrogen and oxygen atoms in total. The first-order valence-electron chi connectivity index (χ1n) is 5.73. The van der Waals surface area contributed by atoms with Crippen molar-refractivity contribution in [3.63, 3.8) is 0 Å². The van der Waals surface area contributed by atoms with Crippen LogP contribution >= 0.6 is 0 Å². The Labute approximate surface area is 97.3 Å². The van der Waals surface area contributed by atoms with Gasteiger partial charge in [0.1, 0.15) is 0 Å². The number of anilines is 1. The Hall–Kier alpha value is -1.16. The molecule has 0 amide bonds. The predicted octanol–water partition coefficient (Wildman–Crippen LogP) is 1.76. The summed E-state index contributed by atoms with van der Waals surface area (Å²) in [4.78, 5) is 10.7. The number of aryl methyl sites for hydroxylation is 1.